The van der Waals surface area contributed by atoms with Crippen LogP contribution in [0.25, 0.3) is 0 Å². The molecule has 0 amide bonds. The van der Waals surface area contributed by atoms with Gasteiger partial charge in [-0.3, -0.25) is 4.79 Å². The molecule has 0 atom stereocenters. The first-order chi connectivity index (χ1) is 5.94. The maximum absolute atomic E-state index is 11.7. The Bertz CT molecular complexity index is 274. The zero-order valence-electron chi connectivity index (χ0n) is 8.98. The van der Waals surface area contributed by atoms with Crippen LogP contribution in [0.1, 0.15) is 40.5 Å². The third-order valence-corrected chi connectivity index (χ3v) is 2.20. The summed E-state index contributed by atoms with van der Waals surface area (Å²) in [7, 11) is 0. The van der Waals surface area contributed by atoms with E-state index in [1.165, 1.54) is 0 Å². The molecule has 0 aromatic heterocycles. The van der Waals surface area contributed by atoms with Crippen molar-refractivity contribution in [3.8, 4) is 0 Å². The molecule has 1 heteroatoms. The van der Waals surface area contributed by atoms with Gasteiger partial charge < -0.3 is 0 Å². The van der Waals surface area contributed by atoms with Gasteiger partial charge in [-0.2, -0.15) is 0 Å². The minimum atomic E-state index is 0.119. The summed E-state index contributed by atoms with van der Waals surface area (Å²) in [5, 5.41) is 0. The molecule has 0 aliphatic heterocycles. The van der Waals surface area contributed by atoms with Crippen molar-refractivity contribution in [1.82, 2.24) is 0 Å². The Balaban J connectivity index is 2.88. The molecule has 1 aliphatic carbocycles. The molecular weight excluding hydrogens is 160 g/mol. The number of carbonyl (C=O) groups excluding carboxylic acids is 1. The second-order valence-corrected chi connectivity index (χ2v) is 4.68. The Kier molecular flexibility index (Phi) is 2.74. The highest BCUT2D eigenvalue weighted by Gasteiger charge is 2.23. The fourth-order valence-electron chi connectivity index (χ4n) is 1.64. The molecule has 0 aromatic rings. The van der Waals surface area contributed by atoms with Crippen LogP contribution in [0.4, 0.5) is 0 Å². The lowest BCUT2D eigenvalue weighted by Crippen LogP contribution is -2.04. The van der Waals surface area contributed by atoms with Crippen LogP contribution in [0.5, 0.6) is 0 Å². The van der Waals surface area contributed by atoms with E-state index in [0.29, 0.717) is 0 Å². The summed E-state index contributed by atoms with van der Waals surface area (Å²) in [5.41, 5.74) is 2.10. The van der Waals surface area contributed by atoms with E-state index < -0.39 is 0 Å². The van der Waals surface area contributed by atoms with Crippen molar-refractivity contribution in [2.75, 3.05) is 0 Å². The van der Waals surface area contributed by atoms with Gasteiger partial charge in [0.25, 0.3) is 0 Å². The predicted molar refractivity (Wildman–Crippen MR) is 55.5 cm³/mol. The van der Waals surface area contributed by atoms with Crippen molar-refractivity contribution < 1.29 is 4.79 Å². The van der Waals surface area contributed by atoms with E-state index in [9.17, 15) is 4.79 Å². The van der Waals surface area contributed by atoms with Gasteiger partial charge in [0, 0.05) is 0 Å². The van der Waals surface area contributed by atoms with Gasteiger partial charge in [0.05, 0.1) is 0 Å². The fraction of sp³-hybridized carbons (Fsp3) is 0.583. The molecule has 0 N–H and O–H groups in total. The Morgan fingerprint density at radius 1 is 1.15 bits per heavy atom. The molecule has 0 bridgehead atoms. The van der Waals surface area contributed by atoms with Gasteiger partial charge in [0.15, 0.2) is 5.78 Å². The van der Waals surface area contributed by atoms with Crippen molar-refractivity contribution in [3.05, 3.63) is 23.3 Å². The van der Waals surface area contributed by atoms with Gasteiger partial charge >= 0.3 is 0 Å². The molecule has 0 aromatic carbocycles. The zero-order valence-corrected chi connectivity index (χ0v) is 8.98. The normalized spacial score (nSPS) is 24.8. The molecule has 0 spiro atoms. The number of hydrogen-bond acceptors (Lipinski definition) is 1. The lowest BCUT2D eigenvalue weighted by molar-refractivity contribution is -0.111. The largest absolute Gasteiger partial charge is 0.289 e. The summed E-state index contributed by atoms with van der Waals surface area (Å²) in [6.45, 7) is 8.32. The highest BCUT2D eigenvalue weighted by atomic mass is 16.1. The van der Waals surface area contributed by atoms with E-state index in [-0.39, 0.29) is 11.2 Å². The van der Waals surface area contributed by atoms with E-state index in [4.69, 9.17) is 0 Å². The molecule has 0 radical (unpaired) electrons. The minimum absolute atomic E-state index is 0.119. The van der Waals surface area contributed by atoms with Gasteiger partial charge in [-0.1, -0.05) is 32.9 Å². The summed E-state index contributed by atoms with van der Waals surface area (Å²) in [5.74, 6) is 0.262. The van der Waals surface area contributed by atoms with Gasteiger partial charge in [0.2, 0.25) is 0 Å². The molecule has 0 saturated heterocycles. The van der Waals surface area contributed by atoms with Crippen LogP contribution in [-0.2, 0) is 4.79 Å². The number of rotatable bonds is 0. The summed E-state index contributed by atoms with van der Waals surface area (Å²) in [4.78, 5) is 11.7. The van der Waals surface area contributed by atoms with E-state index >= 15 is 0 Å². The first-order valence-corrected chi connectivity index (χ1v) is 4.85. The number of hydrogen-bond donors (Lipinski definition) is 0. The third kappa shape index (κ3) is 2.55. The summed E-state index contributed by atoms with van der Waals surface area (Å²) in [6.07, 6.45) is 5.89. The maximum Gasteiger partial charge on any atom is 0.184 e. The van der Waals surface area contributed by atoms with Crippen molar-refractivity contribution >= 4 is 5.78 Å². The van der Waals surface area contributed by atoms with Crippen molar-refractivity contribution in [3.63, 3.8) is 0 Å². The first kappa shape index (κ1) is 10.2. The first-order valence-electron chi connectivity index (χ1n) is 4.85. The minimum Gasteiger partial charge on any atom is -0.289 e. The highest BCUT2D eigenvalue weighted by Crippen LogP contribution is 2.29. The van der Waals surface area contributed by atoms with Crippen LogP contribution in [0.2, 0.25) is 0 Å². The van der Waals surface area contributed by atoms with Crippen molar-refractivity contribution in [2.45, 2.75) is 40.5 Å². The Labute approximate surface area is 80.5 Å². The van der Waals surface area contributed by atoms with Crippen LogP contribution < -0.4 is 0 Å². The number of ketones is 1. The lowest BCUT2D eigenvalue weighted by atomic mass is 9.92. The monoisotopic (exact) mass is 178 g/mol. The summed E-state index contributed by atoms with van der Waals surface area (Å²) < 4.78 is 0. The molecule has 1 rings (SSSR count). The van der Waals surface area contributed by atoms with E-state index in [2.05, 4.69) is 26.8 Å². The van der Waals surface area contributed by atoms with Gasteiger partial charge in [-0.15, -0.1) is 0 Å². The standard InChI is InChI=1S/C12H18O/c1-5-9-6-7-10(11(9)13)8-12(2,3)4/h5,8H,6-7H2,1-4H3. The quantitative estimate of drug-likeness (QED) is 0.520. The Hall–Kier alpha value is -0.850. The lowest BCUT2D eigenvalue weighted by Gasteiger charge is -2.12. The van der Waals surface area contributed by atoms with E-state index in [1.807, 2.05) is 13.0 Å². The number of carbonyl (C=O) groups is 1. The number of Topliss-reactive ketones (excluding diaryl/α,β-unsaturated/α-hetero) is 1. The number of allylic oxidation sites excluding steroid dienone is 4. The van der Waals surface area contributed by atoms with Crippen LogP contribution in [-0.4, -0.2) is 5.78 Å². The van der Waals surface area contributed by atoms with Gasteiger partial charge in [-0.05, 0) is 36.3 Å². The highest BCUT2D eigenvalue weighted by molar-refractivity contribution is 6.10. The third-order valence-electron chi connectivity index (χ3n) is 2.20. The second-order valence-electron chi connectivity index (χ2n) is 4.68. The Morgan fingerprint density at radius 2 is 1.69 bits per heavy atom. The van der Waals surface area contributed by atoms with Crippen molar-refractivity contribution in [2.24, 2.45) is 5.41 Å². The molecule has 1 nitrogen and oxygen atoms in total. The summed E-state index contributed by atoms with van der Waals surface area (Å²) in [6, 6.07) is 0. The van der Waals surface area contributed by atoms with Crippen molar-refractivity contribution in [1.29, 1.82) is 0 Å². The van der Waals surface area contributed by atoms with Gasteiger partial charge in [-0.25, -0.2) is 0 Å². The van der Waals surface area contributed by atoms with Crippen LogP contribution in [0, 0.1) is 5.41 Å². The second kappa shape index (κ2) is 3.49. The smallest absolute Gasteiger partial charge is 0.184 e. The van der Waals surface area contributed by atoms with Crippen LogP contribution in [0.3, 0.4) is 0 Å². The predicted octanol–water partition coefficient (Wildman–Crippen LogP) is 3.27. The molecule has 0 heterocycles. The fourth-order valence-corrected chi connectivity index (χ4v) is 1.64. The molecule has 1 fully saturated rings. The molecular formula is C12H18O. The SMILES string of the molecule is CC=C1CCC(=CC(C)(C)C)C1=O. The molecule has 0 unspecified atom stereocenters. The Morgan fingerprint density at radius 3 is 2.08 bits per heavy atom. The van der Waals surface area contributed by atoms with E-state index in [1.54, 1.807) is 0 Å². The maximum atomic E-state index is 11.7. The molecule has 1 aliphatic rings. The van der Waals surface area contributed by atoms with Crippen LogP contribution >= 0.6 is 0 Å². The topological polar surface area (TPSA) is 17.1 Å². The summed E-state index contributed by atoms with van der Waals surface area (Å²) >= 11 is 0. The van der Waals surface area contributed by atoms with Crippen LogP contribution in [0.15, 0.2) is 23.3 Å². The molecule has 13 heavy (non-hydrogen) atoms. The molecule has 1 saturated carbocycles. The van der Waals surface area contributed by atoms with Gasteiger partial charge in [0.1, 0.15) is 0 Å². The average molecular weight is 178 g/mol. The zero-order chi connectivity index (χ0) is 10.1. The molecule has 72 valence electrons. The van der Waals surface area contributed by atoms with E-state index in [0.717, 1.165) is 24.0 Å². The average Bonchev–Trinajstić information content (AvgIpc) is 2.30.